The van der Waals surface area contributed by atoms with Gasteiger partial charge in [-0.25, -0.2) is 0 Å². The summed E-state index contributed by atoms with van der Waals surface area (Å²) < 4.78 is 5.74. The molecule has 8 heteroatoms. The molecule has 2 aromatic carbocycles. The Morgan fingerprint density at radius 2 is 1.93 bits per heavy atom. The molecule has 0 atom stereocenters. The van der Waals surface area contributed by atoms with E-state index in [1.165, 1.54) is 17.0 Å². The second-order valence-electron chi connectivity index (χ2n) is 6.12. The zero-order valence-corrected chi connectivity index (χ0v) is 16.0. The molecule has 2 amide bonds. The highest BCUT2D eigenvalue weighted by Crippen LogP contribution is 2.32. The number of hydrogen-bond donors (Lipinski definition) is 0. The van der Waals surface area contributed by atoms with Gasteiger partial charge in [-0.15, -0.1) is 0 Å². The number of ether oxygens (including phenoxy) is 1. The standard InChI is InChI=1S/C20H18N2O5S/c1-2-10-21-19(23)18(28-20(21)24)12-15-4-3-5-17(11-15)27-13-14-6-8-16(9-7-14)22(25)26/h3-9,11-12H,2,10,13H2,1H3/b18-12+. The third-order valence-electron chi connectivity index (χ3n) is 4.03. The molecule has 1 saturated heterocycles. The molecule has 144 valence electrons. The molecule has 1 aliphatic rings. The van der Waals surface area contributed by atoms with Crippen LogP contribution in [0.15, 0.2) is 53.4 Å². The summed E-state index contributed by atoms with van der Waals surface area (Å²) >= 11 is 0.939. The van der Waals surface area contributed by atoms with Crippen LogP contribution in [0.4, 0.5) is 10.5 Å². The number of non-ortho nitro benzene ring substituents is 1. The SMILES string of the molecule is CCCN1C(=O)S/C(=C/c2cccc(OCc3ccc([N+](=O)[O-])cc3)c2)C1=O. The first kappa shape index (κ1) is 19.6. The highest BCUT2D eigenvalue weighted by Gasteiger charge is 2.34. The predicted molar refractivity (Wildman–Crippen MR) is 107 cm³/mol. The zero-order valence-electron chi connectivity index (χ0n) is 15.2. The molecule has 28 heavy (non-hydrogen) atoms. The Labute approximate surface area is 166 Å². The fourth-order valence-corrected chi connectivity index (χ4v) is 3.51. The van der Waals surface area contributed by atoms with Crippen LogP contribution in [0, 0.1) is 10.1 Å². The normalized spacial score (nSPS) is 15.3. The second kappa shape index (κ2) is 8.71. The van der Waals surface area contributed by atoms with E-state index in [4.69, 9.17) is 4.74 Å². The smallest absolute Gasteiger partial charge is 0.293 e. The first-order valence-corrected chi connectivity index (χ1v) is 9.51. The lowest BCUT2D eigenvalue weighted by Gasteiger charge is -2.09. The number of benzene rings is 2. The molecule has 0 N–H and O–H groups in total. The van der Waals surface area contributed by atoms with Crippen LogP contribution in [0.1, 0.15) is 24.5 Å². The van der Waals surface area contributed by atoms with Gasteiger partial charge in [-0.2, -0.15) is 0 Å². The van der Waals surface area contributed by atoms with Crippen molar-refractivity contribution in [1.29, 1.82) is 0 Å². The van der Waals surface area contributed by atoms with Gasteiger partial charge in [0.25, 0.3) is 16.8 Å². The van der Waals surface area contributed by atoms with Crippen LogP contribution in [0.5, 0.6) is 5.75 Å². The number of amides is 2. The number of nitro groups is 1. The number of rotatable bonds is 7. The number of carbonyl (C=O) groups excluding carboxylic acids is 2. The molecule has 0 saturated carbocycles. The van der Waals surface area contributed by atoms with E-state index < -0.39 is 4.92 Å². The van der Waals surface area contributed by atoms with Crippen molar-refractivity contribution in [2.45, 2.75) is 20.0 Å². The minimum absolute atomic E-state index is 0.0303. The van der Waals surface area contributed by atoms with Crippen molar-refractivity contribution in [2.24, 2.45) is 0 Å². The molecular weight excluding hydrogens is 380 g/mol. The number of nitro benzene ring substituents is 1. The molecule has 0 unspecified atom stereocenters. The van der Waals surface area contributed by atoms with E-state index >= 15 is 0 Å². The van der Waals surface area contributed by atoms with Crippen molar-refractivity contribution >= 4 is 34.7 Å². The molecule has 0 aromatic heterocycles. The van der Waals surface area contributed by atoms with Crippen molar-refractivity contribution in [1.82, 2.24) is 4.90 Å². The maximum Gasteiger partial charge on any atom is 0.293 e. The summed E-state index contributed by atoms with van der Waals surface area (Å²) in [5, 5.41) is 10.4. The van der Waals surface area contributed by atoms with E-state index in [-0.39, 0.29) is 23.4 Å². The minimum atomic E-state index is -0.448. The van der Waals surface area contributed by atoms with Gasteiger partial charge in [0, 0.05) is 18.7 Å². The Kier molecular flexibility index (Phi) is 6.10. The first-order chi connectivity index (χ1) is 13.5. The Hall–Kier alpha value is -3.13. The summed E-state index contributed by atoms with van der Waals surface area (Å²) in [6.07, 6.45) is 2.40. The van der Waals surface area contributed by atoms with Gasteiger partial charge in [0.05, 0.1) is 9.83 Å². The largest absolute Gasteiger partial charge is 0.489 e. The van der Waals surface area contributed by atoms with Gasteiger partial charge in [0.15, 0.2) is 0 Å². The van der Waals surface area contributed by atoms with Crippen LogP contribution in [0.3, 0.4) is 0 Å². The van der Waals surface area contributed by atoms with Crippen LogP contribution < -0.4 is 4.74 Å². The summed E-state index contributed by atoms with van der Waals surface area (Å²) in [7, 11) is 0. The van der Waals surface area contributed by atoms with Crippen LogP contribution in [-0.2, 0) is 11.4 Å². The van der Waals surface area contributed by atoms with Crippen LogP contribution in [0.2, 0.25) is 0 Å². The highest BCUT2D eigenvalue weighted by atomic mass is 32.2. The number of hydrogen-bond acceptors (Lipinski definition) is 6. The van der Waals surface area contributed by atoms with Crippen molar-refractivity contribution in [3.05, 3.63) is 74.7 Å². The van der Waals surface area contributed by atoms with E-state index in [2.05, 4.69) is 0 Å². The molecular formula is C20H18N2O5S. The van der Waals surface area contributed by atoms with E-state index in [9.17, 15) is 19.7 Å². The molecule has 1 fully saturated rings. The van der Waals surface area contributed by atoms with Gasteiger partial charge in [0.1, 0.15) is 12.4 Å². The Morgan fingerprint density at radius 1 is 1.18 bits per heavy atom. The van der Waals surface area contributed by atoms with E-state index in [0.717, 1.165) is 29.3 Å². The van der Waals surface area contributed by atoms with Gasteiger partial charge in [-0.05, 0) is 59.7 Å². The molecule has 0 bridgehead atoms. The predicted octanol–water partition coefficient (Wildman–Crippen LogP) is 4.62. The van der Waals surface area contributed by atoms with E-state index in [1.54, 1.807) is 36.4 Å². The monoisotopic (exact) mass is 398 g/mol. The molecule has 1 aliphatic heterocycles. The third kappa shape index (κ3) is 4.58. The molecule has 0 aliphatic carbocycles. The second-order valence-corrected chi connectivity index (χ2v) is 7.11. The molecule has 0 radical (unpaired) electrons. The number of nitrogens with zero attached hydrogens (tertiary/aromatic N) is 2. The summed E-state index contributed by atoms with van der Waals surface area (Å²) in [6, 6.07) is 13.3. The zero-order chi connectivity index (χ0) is 20.1. The van der Waals surface area contributed by atoms with Crippen molar-refractivity contribution in [2.75, 3.05) is 6.54 Å². The van der Waals surface area contributed by atoms with Crippen LogP contribution >= 0.6 is 11.8 Å². The van der Waals surface area contributed by atoms with Crippen molar-refractivity contribution < 1.29 is 19.2 Å². The van der Waals surface area contributed by atoms with E-state index in [0.29, 0.717) is 17.2 Å². The Morgan fingerprint density at radius 3 is 2.61 bits per heavy atom. The molecule has 7 nitrogen and oxygen atoms in total. The summed E-state index contributed by atoms with van der Waals surface area (Å²) in [5.41, 5.74) is 1.59. The molecule has 0 spiro atoms. The number of thioether (sulfide) groups is 1. The molecule has 1 heterocycles. The fourth-order valence-electron chi connectivity index (χ4n) is 2.64. The van der Waals surface area contributed by atoms with Crippen LogP contribution in [-0.4, -0.2) is 27.5 Å². The maximum atomic E-state index is 12.3. The van der Waals surface area contributed by atoms with Crippen molar-refractivity contribution in [3.8, 4) is 5.75 Å². The molecule has 2 aromatic rings. The lowest BCUT2D eigenvalue weighted by molar-refractivity contribution is -0.384. The minimum Gasteiger partial charge on any atom is -0.489 e. The number of imide groups is 1. The van der Waals surface area contributed by atoms with Gasteiger partial charge in [-0.1, -0.05) is 19.1 Å². The average molecular weight is 398 g/mol. The lowest BCUT2D eigenvalue weighted by atomic mass is 10.2. The maximum absolute atomic E-state index is 12.3. The lowest BCUT2D eigenvalue weighted by Crippen LogP contribution is -2.28. The third-order valence-corrected chi connectivity index (χ3v) is 4.94. The number of carbonyl (C=O) groups is 2. The van der Waals surface area contributed by atoms with Gasteiger partial charge in [0.2, 0.25) is 0 Å². The summed E-state index contributed by atoms with van der Waals surface area (Å²) in [6.45, 7) is 2.59. The van der Waals surface area contributed by atoms with Gasteiger partial charge < -0.3 is 4.74 Å². The van der Waals surface area contributed by atoms with Crippen LogP contribution in [0.25, 0.3) is 6.08 Å². The fraction of sp³-hybridized carbons (Fsp3) is 0.200. The van der Waals surface area contributed by atoms with E-state index in [1.807, 2.05) is 13.0 Å². The highest BCUT2D eigenvalue weighted by molar-refractivity contribution is 8.18. The summed E-state index contributed by atoms with van der Waals surface area (Å²) in [5.74, 6) is 0.328. The van der Waals surface area contributed by atoms with Gasteiger partial charge >= 0.3 is 0 Å². The first-order valence-electron chi connectivity index (χ1n) is 8.69. The summed E-state index contributed by atoms with van der Waals surface area (Å²) in [4.78, 5) is 36.1. The Bertz CT molecular complexity index is 940. The Balaban J connectivity index is 1.68. The average Bonchev–Trinajstić information content (AvgIpc) is 2.95. The van der Waals surface area contributed by atoms with Crippen molar-refractivity contribution in [3.63, 3.8) is 0 Å². The van der Waals surface area contributed by atoms with Gasteiger partial charge in [-0.3, -0.25) is 24.6 Å². The quantitative estimate of drug-likeness (QED) is 0.384. The topological polar surface area (TPSA) is 89.8 Å². The molecule has 3 rings (SSSR count).